The zero-order valence-corrected chi connectivity index (χ0v) is 18.0. The highest BCUT2D eigenvalue weighted by Gasteiger charge is 2.47. The molecular weight excluding hydrogens is 402 g/mol. The summed E-state index contributed by atoms with van der Waals surface area (Å²) in [6.45, 7) is 2.09. The third-order valence-electron chi connectivity index (χ3n) is 5.90. The van der Waals surface area contributed by atoms with Gasteiger partial charge >= 0.3 is 0 Å². The number of amides is 3. The number of carbonyl (C=O) groups is 3. The average molecular weight is 428 g/mol. The molecule has 1 saturated carbocycles. The van der Waals surface area contributed by atoms with Gasteiger partial charge in [-0.05, 0) is 44.0 Å². The number of carbonyl (C=O) groups excluding carboxylic acids is 3. The quantitative estimate of drug-likeness (QED) is 0.711. The van der Waals surface area contributed by atoms with E-state index in [1.54, 1.807) is 7.11 Å². The molecule has 7 nitrogen and oxygen atoms in total. The van der Waals surface area contributed by atoms with Crippen LogP contribution in [0.5, 0.6) is 5.75 Å². The van der Waals surface area contributed by atoms with Crippen LogP contribution in [0.2, 0.25) is 0 Å². The number of rotatable bonds is 6. The molecule has 2 atom stereocenters. The maximum atomic E-state index is 12.5. The van der Waals surface area contributed by atoms with Crippen molar-refractivity contribution in [1.82, 2.24) is 9.88 Å². The first-order chi connectivity index (χ1) is 14.5. The predicted molar refractivity (Wildman–Crippen MR) is 114 cm³/mol. The molecular formula is C22H25N3O4S. The van der Waals surface area contributed by atoms with Gasteiger partial charge in [0.25, 0.3) is 0 Å². The fourth-order valence-corrected chi connectivity index (χ4v) is 5.17. The lowest BCUT2D eigenvalue weighted by Crippen LogP contribution is -2.34. The number of methoxy groups -OCH3 is 1. The van der Waals surface area contributed by atoms with E-state index in [2.05, 4.69) is 10.3 Å². The number of hydrogen-bond donors (Lipinski definition) is 1. The van der Waals surface area contributed by atoms with Crippen LogP contribution in [-0.2, 0) is 14.4 Å². The van der Waals surface area contributed by atoms with Gasteiger partial charge in [-0.1, -0.05) is 12.8 Å². The van der Waals surface area contributed by atoms with Gasteiger partial charge in [0.2, 0.25) is 17.7 Å². The summed E-state index contributed by atoms with van der Waals surface area (Å²) in [6.07, 6.45) is 3.63. The van der Waals surface area contributed by atoms with Crippen molar-refractivity contribution in [2.75, 3.05) is 19.0 Å². The number of nitrogens with zero attached hydrogens (tertiary/aromatic N) is 2. The number of fused-ring (bicyclic) bond motifs is 1. The van der Waals surface area contributed by atoms with Crippen LogP contribution < -0.4 is 10.1 Å². The number of aryl methyl sites for hydroxylation is 1. The van der Waals surface area contributed by atoms with Crippen molar-refractivity contribution in [3.8, 4) is 17.0 Å². The first-order valence-electron chi connectivity index (χ1n) is 10.2. The molecule has 0 unspecified atom stereocenters. The summed E-state index contributed by atoms with van der Waals surface area (Å²) in [4.78, 5) is 44.3. The summed E-state index contributed by atoms with van der Waals surface area (Å²) >= 11 is 1.40. The minimum atomic E-state index is -0.250. The van der Waals surface area contributed by atoms with Crippen LogP contribution in [-0.4, -0.2) is 41.3 Å². The molecule has 2 heterocycles. The Morgan fingerprint density at radius 2 is 1.80 bits per heavy atom. The number of ether oxygens (including phenoxy) is 1. The second-order valence-corrected chi connectivity index (χ2v) is 8.98. The third-order valence-corrected chi connectivity index (χ3v) is 6.79. The molecule has 8 heteroatoms. The van der Waals surface area contributed by atoms with Crippen molar-refractivity contribution < 1.29 is 19.1 Å². The number of hydrogen-bond acceptors (Lipinski definition) is 6. The van der Waals surface area contributed by atoms with E-state index in [4.69, 9.17) is 4.74 Å². The van der Waals surface area contributed by atoms with Gasteiger partial charge in [-0.3, -0.25) is 19.3 Å². The summed E-state index contributed by atoms with van der Waals surface area (Å²) in [5, 5.41) is 3.32. The number of nitrogens with one attached hydrogen (secondary N) is 1. The van der Waals surface area contributed by atoms with E-state index < -0.39 is 0 Å². The molecule has 3 amide bonds. The molecule has 1 aromatic heterocycles. The van der Waals surface area contributed by atoms with Crippen LogP contribution in [0.15, 0.2) is 24.3 Å². The Balaban J connectivity index is 1.36. The minimum Gasteiger partial charge on any atom is -0.497 e. The lowest BCUT2D eigenvalue weighted by Gasteiger charge is -2.19. The molecule has 30 heavy (non-hydrogen) atoms. The molecule has 0 bridgehead atoms. The molecule has 1 aliphatic carbocycles. The molecule has 1 aromatic carbocycles. The van der Waals surface area contributed by atoms with E-state index in [-0.39, 0.29) is 42.5 Å². The van der Waals surface area contributed by atoms with E-state index >= 15 is 0 Å². The summed E-state index contributed by atoms with van der Waals surface area (Å²) in [6, 6.07) is 7.59. The standard InChI is InChI=1S/C22H25N3O4S/c1-13-19(14-7-9-15(29-2)10-8-14)24-22(30-13)23-18(26)11-12-25-20(27)16-5-3-4-6-17(16)21(25)28/h7-10,16-17H,3-6,11-12H2,1-2H3,(H,23,24,26)/t16-,17-/m1/s1. The highest BCUT2D eigenvalue weighted by atomic mass is 32.1. The predicted octanol–water partition coefficient (Wildman–Crippen LogP) is 3.63. The van der Waals surface area contributed by atoms with Gasteiger partial charge in [0.15, 0.2) is 5.13 Å². The zero-order valence-electron chi connectivity index (χ0n) is 17.1. The Hall–Kier alpha value is -2.74. The Labute approximate surface area is 179 Å². The average Bonchev–Trinajstić information content (AvgIpc) is 3.24. The summed E-state index contributed by atoms with van der Waals surface area (Å²) < 4.78 is 5.18. The molecule has 2 aromatic rings. The fraction of sp³-hybridized carbons (Fsp3) is 0.455. The topological polar surface area (TPSA) is 88.6 Å². The first-order valence-corrected chi connectivity index (χ1v) is 11.1. The van der Waals surface area contributed by atoms with E-state index in [9.17, 15) is 14.4 Å². The molecule has 0 radical (unpaired) electrons. The third kappa shape index (κ3) is 3.96. The van der Waals surface area contributed by atoms with E-state index in [0.29, 0.717) is 5.13 Å². The van der Waals surface area contributed by atoms with Gasteiger partial charge in [-0.2, -0.15) is 0 Å². The molecule has 158 valence electrons. The lowest BCUT2D eigenvalue weighted by molar-refractivity contribution is -0.140. The molecule has 4 rings (SSSR count). The van der Waals surface area contributed by atoms with Crippen molar-refractivity contribution in [3.63, 3.8) is 0 Å². The number of thiazole rings is 1. The summed E-state index contributed by atoms with van der Waals surface area (Å²) in [7, 11) is 1.62. The van der Waals surface area contributed by atoms with Crippen LogP contribution in [0.4, 0.5) is 5.13 Å². The zero-order chi connectivity index (χ0) is 21.3. The first kappa shape index (κ1) is 20.5. The number of imide groups is 1. The monoisotopic (exact) mass is 427 g/mol. The van der Waals surface area contributed by atoms with E-state index in [1.165, 1.54) is 16.2 Å². The molecule has 0 spiro atoms. The molecule has 1 saturated heterocycles. The minimum absolute atomic E-state index is 0.0768. The van der Waals surface area contributed by atoms with Gasteiger partial charge in [-0.15, -0.1) is 11.3 Å². The Kier molecular flexibility index (Phi) is 5.85. The number of aromatic nitrogens is 1. The Morgan fingerprint density at radius 3 is 2.40 bits per heavy atom. The van der Waals surface area contributed by atoms with Crippen molar-refractivity contribution in [2.45, 2.75) is 39.0 Å². The molecule has 1 N–H and O–H groups in total. The van der Waals surface area contributed by atoms with E-state index in [0.717, 1.165) is 47.6 Å². The Morgan fingerprint density at radius 1 is 1.17 bits per heavy atom. The number of anilines is 1. The number of likely N-dealkylation sites (tertiary alicyclic amines) is 1. The largest absolute Gasteiger partial charge is 0.497 e. The van der Waals surface area contributed by atoms with Crippen LogP contribution in [0.25, 0.3) is 11.3 Å². The maximum Gasteiger partial charge on any atom is 0.233 e. The second-order valence-electron chi connectivity index (χ2n) is 7.78. The summed E-state index contributed by atoms with van der Waals surface area (Å²) in [5.74, 6) is -0.0498. The Bertz CT molecular complexity index is 945. The lowest BCUT2D eigenvalue weighted by atomic mass is 9.81. The van der Waals surface area contributed by atoms with Crippen LogP contribution in [0.1, 0.15) is 37.0 Å². The van der Waals surface area contributed by atoms with Crippen molar-refractivity contribution in [1.29, 1.82) is 0 Å². The smallest absolute Gasteiger partial charge is 0.233 e. The van der Waals surface area contributed by atoms with Crippen molar-refractivity contribution in [2.24, 2.45) is 11.8 Å². The van der Waals surface area contributed by atoms with Crippen molar-refractivity contribution >= 4 is 34.2 Å². The SMILES string of the molecule is COc1ccc(-c2nc(NC(=O)CCN3C(=O)[C@@H]4CCCC[C@H]4C3=O)sc2C)cc1. The van der Waals surface area contributed by atoms with Crippen LogP contribution in [0, 0.1) is 18.8 Å². The van der Waals surface area contributed by atoms with Crippen LogP contribution >= 0.6 is 11.3 Å². The van der Waals surface area contributed by atoms with Gasteiger partial charge in [-0.25, -0.2) is 4.98 Å². The van der Waals surface area contributed by atoms with Gasteiger partial charge < -0.3 is 10.1 Å². The summed E-state index contributed by atoms with van der Waals surface area (Å²) in [5.41, 5.74) is 1.76. The molecule has 2 aliphatic rings. The second kappa shape index (κ2) is 8.55. The maximum absolute atomic E-state index is 12.5. The molecule has 1 aliphatic heterocycles. The number of benzene rings is 1. The van der Waals surface area contributed by atoms with Crippen molar-refractivity contribution in [3.05, 3.63) is 29.1 Å². The van der Waals surface area contributed by atoms with E-state index in [1.807, 2.05) is 31.2 Å². The van der Waals surface area contributed by atoms with Crippen LogP contribution in [0.3, 0.4) is 0 Å². The van der Waals surface area contributed by atoms with Gasteiger partial charge in [0, 0.05) is 23.4 Å². The van der Waals surface area contributed by atoms with Gasteiger partial charge in [0.05, 0.1) is 24.6 Å². The fourth-order valence-electron chi connectivity index (χ4n) is 4.31. The normalized spacial score (nSPS) is 20.9. The highest BCUT2D eigenvalue weighted by molar-refractivity contribution is 7.16. The highest BCUT2D eigenvalue weighted by Crippen LogP contribution is 2.38. The van der Waals surface area contributed by atoms with Gasteiger partial charge in [0.1, 0.15) is 5.75 Å². The molecule has 2 fully saturated rings.